The van der Waals surface area contributed by atoms with Crippen LogP contribution in [0.2, 0.25) is 0 Å². The Morgan fingerprint density at radius 3 is 2.60 bits per heavy atom. The van der Waals surface area contributed by atoms with E-state index in [9.17, 15) is 0 Å². The molecule has 1 saturated heterocycles. The van der Waals surface area contributed by atoms with Gasteiger partial charge in [0, 0.05) is 49.8 Å². The number of aliphatic imine (C=N–C) groups is 1. The van der Waals surface area contributed by atoms with E-state index in [0.29, 0.717) is 12.5 Å². The van der Waals surface area contributed by atoms with Gasteiger partial charge in [-0.2, -0.15) is 0 Å². The molecule has 0 atom stereocenters. The van der Waals surface area contributed by atoms with E-state index in [2.05, 4.69) is 47.9 Å². The summed E-state index contributed by atoms with van der Waals surface area (Å²) in [5.74, 6) is 1.36. The van der Waals surface area contributed by atoms with Crippen molar-refractivity contribution in [3.63, 3.8) is 0 Å². The lowest BCUT2D eigenvalue weighted by Crippen LogP contribution is -2.51. The van der Waals surface area contributed by atoms with Gasteiger partial charge < -0.3 is 20.5 Å². The molecule has 128 valence electrons. The fourth-order valence-corrected chi connectivity index (χ4v) is 3.07. The van der Waals surface area contributed by atoms with E-state index in [1.807, 2.05) is 18.2 Å². The molecule has 3 heterocycles. The van der Waals surface area contributed by atoms with Crippen LogP contribution in [0, 0.1) is 0 Å². The summed E-state index contributed by atoms with van der Waals surface area (Å²) < 4.78 is 0. The first-order valence-electron chi connectivity index (χ1n) is 8.43. The summed E-state index contributed by atoms with van der Waals surface area (Å²) >= 11 is 0. The van der Waals surface area contributed by atoms with Crippen LogP contribution in [0.15, 0.2) is 53.8 Å². The Labute approximate surface area is 146 Å². The summed E-state index contributed by atoms with van der Waals surface area (Å²) in [7, 11) is 0. The Kier molecular flexibility index (Phi) is 4.20. The van der Waals surface area contributed by atoms with E-state index < -0.39 is 0 Å². The SMILES string of the molecule is NC(=NCc1cc2ccccc2[nH]1)N1CCN(c2ncccn2)CC1. The largest absolute Gasteiger partial charge is 0.370 e. The average Bonchev–Trinajstić information content (AvgIpc) is 3.10. The molecule has 0 spiro atoms. The molecule has 0 amide bonds. The Morgan fingerprint density at radius 2 is 1.84 bits per heavy atom. The first-order valence-corrected chi connectivity index (χ1v) is 8.43. The zero-order valence-electron chi connectivity index (χ0n) is 14.0. The minimum absolute atomic E-state index is 0.558. The summed E-state index contributed by atoms with van der Waals surface area (Å²) in [5, 5.41) is 1.20. The number of nitrogens with one attached hydrogen (secondary N) is 1. The van der Waals surface area contributed by atoms with Gasteiger partial charge >= 0.3 is 0 Å². The smallest absolute Gasteiger partial charge is 0.225 e. The molecular weight excluding hydrogens is 314 g/mol. The molecule has 7 nitrogen and oxygen atoms in total. The predicted octanol–water partition coefficient (Wildman–Crippen LogP) is 1.59. The predicted molar refractivity (Wildman–Crippen MR) is 99.4 cm³/mol. The first-order chi connectivity index (χ1) is 12.3. The molecule has 7 heteroatoms. The van der Waals surface area contributed by atoms with E-state index in [-0.39, 0.29) is 0 Å². The van der Waals surface area contributed by atoms with Crippen molar-refractivity contribution in [3.05, 3.63) is 54.5 Å². The molecular formula is C18H21N7. The number of aromatic nitrogens is 3. The number of hydrogen-bond donors (Lipinski definition) is 2. The third kappa shape index (κ3) is 3.40. The minimum atomic E-state index is 0.558. The van der Waals surface area contributed by atoms with Gasteiger partial charge in [0.25, 0.3) is 0 Å². The number of nitrogens with two attached hydrogens (primary N) is 1. The van der Waals surface area contributed by atoms with Crippen molar-refractivity contribution in [3.8, 4) is 0 Å². The second kappa shape index (κ2) is 6.80. The fraction of sp³-hybridized carbons (Fsp3) is 0.278. The van der Waals surface area contributed by atoms with Crippen LogP contribution in [-0.2, 0) is 6.54 Å². The van der Waals surface area contributed by atoms with E-state index >= 15 is 0 Å². The zero-order valence-corrected chi connectivity index (χ0v) is 14.0. The van der Waals surface area contributed by atoms with Gasteiger partial charge in [-0.05, 0) is 23.6 Å². The first kappa shape index (κ1) is 15.4. The summed E-state index contributed by atoms with van der Waals surface area (Å²) in [5.41, 5.74) is 8.38. The molecule has 0 saturated carbocycles. The van der Waals surface area contributed by atoms with E-state index in [4.69, 9.17) is 5.73 Å². The van der Waals surface area contributed by atoms with Crippen molar-refractivity contribution in [1.29, 1.82) is 0 Å². The van der Waals surface area contributed by atoms with Gasteiger partial charge in [0.15, 0.2) is 5.96 Å². The second-order valence-corrected chi connectivity index (χ2v) is 6.08. The lowest BCUT2D eigenvalue weighted by Gasteiger charge is -2.35. The molecule has 0 radical (unpaired) electrons. The fourth-order valence-electron chi connectivity index (χ4n) is 3.07. The van der Waals surface area contributed by atoms with Crippen molar-refractivity contribution in [2.75, 3.05) is 31.1 Å². The monoisotopic (exact) mass is 335 g/mol. The molecule has 3 aromatic rings. The number of H-pyrrole nitrogens is 1. The third-order valence-electron chi connectivity index (χ3n) is 4.44. The number of piperazine rings is 1. The highest BCUT2D eigenvalue weighted by molar-refractivity contribution is 5.81. The maximum absolute atomic E-state index is 6.19. The number of rotatable bonds is 3. The number of fused-ring (bicyclic) bond motifs is 1. The molecule has 1 aliphatic rings. The van der Waals surface area contributed by atoms with Crippen LogP contribution in [0.4, 0.5) is 5.95 Å². The van der Waals surface area contributed by atoms with E-state index in [1.165, 1.54) is 5.39 Å². The quantitative estimate of drug-likeness (QED) is 0.561. The maximum Gasteiger partial charge on any atom is 0.225 e. The summed E-state index contributed by atoms with van der Waals surface area (Å²) in [4.78, 5) is 20.8. The molecule has 1 fully saturated rings. The zero-order chi connectivity index (χ0) is 17.1. The van der Waals surface area contributed by atoms with Gasteiger partial charge in [0.05, 0.1) is 6.54 Å². The number of para-hydroxylation sites is 1. The van der Waals surface area contributed by atoms with Crippen molar-refractivity contribution < 1.29 is 0 Å². The number of hydrogen-bond acceptors (Lipinski definition) is 4. The van der Waals surface area contributed by atoms with Gasteiger partial charge in [-0.3, -0.25) is 0 Å². The number of anilines is 1. The van der Waals surface area contributed by atoms with Gasteiger partial charge in [0.1, 0.15) is 0 Å². The maximum atomic E-state index is 6.19. The second-order valence-electron chi connectivity index (χ2n) is 6.08. The summed E-state index contributed by atoms with van der Waals surface area (Å²) in [6.07, 6.45) is 3.54. The number of guanidine groups is 1. The molecule has 0 aliphatic carbocycles. The standard InChI is InChI=1S/C18H21N7/c19-17(22-13-15-12-14-4-1-2-5-16(14)23-15)24-8-10-25(11-9-24)18-20-6-3-7-21-18/h1-7,12,23H,8-11,13H2,(H2,19,22). The highest BCUT2D eigenvalue weighted by Gasteiger charge is 2.19. The Hall–Kier alpha value is -3.09. The van der Waals surface area contributed by atoms with Crippen molar-refractivity contribution in [2.45, 2.75) is 6.54 Å². The highest BCUT2D eigenvalue weighted by Crippen LogP contribution is 2.15. The molecule has 4 rings (SSSR count). The molecule has 2 aromatic heterocycles. The molecule has 0 unspecified atom stereocenters. The topological polar surface area (TPSA) is 86.4 Å². The number of nitrogens with zero attached hydrogens (tertiary/aromatic N) is 5. The van der Waals surface area contributed by atoms with Crippen LogP contribution in [0.25, 0.3) is 10.9 Å². The Morgan fingerprint density at radius 1 is 1.08 bits per heavy atom. The Balaban J connectivity index is 1.36. The molecule has 3 N–H and O–H groups in total. The average molecular weight is 335 g/mol. The highest BCUT2D eigenvalue weighted by atomic mass is 15.3. The van der Waals surface area contributed by atoms with Crippen LogP contribution in [-0.4, -0.2) is 52.0 Å². The van der Waals surface area contributed by atoms with Crippen LogP contribution in [0.1, 0.15) is 5.69 Å². The summed E-state index contributed by atoms with van der Waals surface area (Å²) in [6.45, 7) is 3.88. The van der Waals surface area contributed by atoms with Gasteiger partial charge in [-0.25, -0.2) is 15.0 Å². The number of aromatic amines is 1. The Bertz CT molecular complexity index is 830. The third-order valence-corrected chi connectivity index (χ3v) is 4.44. The molecule has 1 aliphatic heterocycles. The lowest BCUT2D eigenvalue weighted by atomic mass is 10.2. The van der Waals surface area contributed by atoms with E-state index in [1.54, 1.807) is 12.4 Å². The van der Waals surface area contributed by atoms with Crippen molar-refractivity contribution in [2.24, 2.45) is 10.7 Å². The van der Waals surface area contributed by atoms with E-state index in [0.717, 1.165) is 43.3 Å². The van der Waals surface area contributed by atoms with Gasteiger partial charge in [-0.15, -0.1) is 0 Å². The van der Waals surface area contributed by atoms with Gasteiger partial charge in [-0.1, -0.05) is 18.2 Å². The molecule has 0 bridgehead atoms. The van der Waals surface area contributed by atoms with Crippen molar-refractivity contribution >= 4 is 22.8 Å². The van der Waals surface area contributed by atoms with Crippen LogP contribution in [0.3, 0.4) is 0 Å². The normalized spacial score (nSPS) is 15.8. The van der Waals surface area contributed by atoms with Crippen LogP contribution >= 0.6 is 0 Å². The van der Waals surface area contributed by atoms with Crippen molar-refractivity contribution in [1.82, 2.24) is 19.9 Å². The molecule has 1 aromatic carbocycles. The molecule has 25 heavy (non-hydrogen) atoms. The number of benzene rings is 1. The minimum Gasteiger partial charge on any atom is -0.370 e. The van der Waals surface area contributed by atoms with Crippen LogP contribution in [0.5, 0.6) is 0 Å². The lowest BCUT2D eigenvalue weighted by molar-refractivity contribution is 0.378. The van der Waals surface area contributed by atoms with Crippen LogP contribution < -0.4 is 10.6 Å². The summed E-state index contributed by atoms with van der Waals surface area (Å²) in [6, 6.07) is 12.2. The van der Waals surface area contributed by atoms with Gasteiger partial charge in [0.2, 0.25) is 5.95 Å².